The molecule has 0 atom stereocenters. The van der Waals surface area contributed by atoms with Gasteiger partial charge in [0.25, 0.3) is 0 Å². The summed E-state index contributed by atoms with van der Waals surface area (Å²) >= 11 is 15.7. The number of hydrogen-bond acceptors (Lipinski definition) is 3. The Balaban J connectivity index is 2.19. The van der Waals surface area contributed by atoms with Crippen LogP contribution in [0.25, 0.3) is 0 Å². The topological polar surface area (TPSA) is 52.6 Å². The quantitative estimate of drug-likeness (QED) is 0.706. The van der Waals surface area contributed by atoms with Crippen LogP contribution < -0.4 is 9.62 Å². The van der Waals surface area contributed by atoms with E-state index in [2.05, 4.69) is 18.1 Å². The molecule has 20 heavy (non-hydrogen) atoms. The second kappa shape index (κ2) is 6.26. The van der Waals surface area contributed by atoms with E-state index < -0.39 is 6.03 Å². The number of carbonyl (C=O) groups is 1. The molecular weight excluding hydrogens is 319 g/mol. The van der Waals surface area contributed by atoms with Crippen LogP contribution in [0.3, 0.4) is 0 Å². The molecule has 2 aromatic rings. The number of halogens is 2. The summed E-state index contributed by atoms with van der Waals surface area (Å²) in [5.41, 5.74) is 0.974. The van der Waals surface area contributed by atoms with Gasteiger partial charge >= 0.3 is 6.03 Å². The van der Waals surface area contributed by atoms with Crippen LogP contribution in [0, 0.1) is 0 Å². The molecule has 2 aromatic carbocycles. The molecule has 0 spiro atoms. The maximum atomic E-state index is 12.0. The molecular formula is C13H10Cl2N2O2S. The lowest BCUT2D eigenvalue weighted by Gasteiger charge is -2.17. The highest BCUT2D eigenvalue weighted by molar-refractivity contribution is 7.82. The molecule has 0 heterocycles. The number of aromatic hydroxyl groups is 1. The SMILES string of the molecule is O=C(Nc1ccccc1)N(S)c1cc(Cl)c(O)c(Cl)c1. The zero-order valence-corrected chi connectivity index (χ0v) is 12.5. The first-order valence-electron chi connectivity index (χ1n) is 5.52. The summed E-state index contributed by atoms with van der Waals surface area (Å²) in [5, 5.41) is 12.2. The largest absolute Gasteiger partial charge is 0.505 e. The minimum atomic E-state index is -0.475. The van der Waals surface area contributed by atoms with E-state index in [0.717, 1.165) is 4.31 Å². The van der Waals surface area contributed by atoms with Gasteiger partial charge in [-0.15, -0.1) is 0 Å². The molecule has 0 fully saturated rings. The zero-order chi connectivity index (χ0) is 14.7. The molecule has 0 unspecified atom stereocenters. The Morgan fingerprint density at radius 2 is 1.70 bits per heavy atom. The van der Waals surface area contributed by atoms with E-state index in [1.54, 1.807) is 24.3 Å². The third-order valence-corrected chi connectivity index (χ3v) is 3.45. The fourth-order valence-corrected chi connectivity index (χ4v) is 2.13. The minimum Gasteiger partial charge on any atom is -0.505 e. The normalized spacial score (nSPS) is 10.2. The van der Waals surface area contributed by atoms with Crippen LogP contribution in [0.1, 0.15) is 0 Å². The Bertz CT molecular complexity index is 615. The maximum absolute atomic E-state index is 12.0. The van der Waals surface area contributed by atoms with Gasteiger partial charge in [0.2, 0.25) is 0 Å². The van der Waals surface area contributed by atoms with Gasteiger partial charge in [0.05, 0.1) is 15.7 Å². The van der Waals surface area contributed by atoms with Crippen molar-refractivity contribution in [1.82, 2.24) is 0 Å². The third-order valence-electron chi connectivity index (χ3n) is 2.46. The predicted octanol–water partition coefficient (Wildman–Crippen LogP) is 4.58. The van der Waals surface area contributed by atoms with Gasteiger partial charge in [0.1, 0.15) is 0 Å². The lowest BCUT2D eigenvalue weighted by atomic mass is 10.3. The molecule has 0 aliphatic rings. The van der Waals surface area contributed by atoms with E-state index in [0.29, 0.717) is 11.4 Å². The minimum absolute atomic E-state index is 0.0408. The molecule has 4 nitrogen and oxygen atoms in total. The molecule has 0 aromatic heterocycles. The predicted molar refractivity (Wildman–Crippen MR) is 85.1 cm³/mol. The molecule has 104 valence electrons. The van der Waals surface area contributed by atoms with Crippen LogP contribution in [0.15, 0.2) is 42.5 Å². The summed E-state index contributed by atoms with van der Waals surface area (Å²) in [6, 6.07) is 11.2. The van der Waals surface area contributed by atoms with Crippen molar-refractivity contribution in [3.8, 4) is 5.75 Å². The van der Waals surface area contributed by atoms with Gasteiger partial charge < -0.3 is 10.4 Å². The summed E-state index contributed by atoms with van der Waals surface area (Å²) in [4.78, 5) is 12.0. The lowest BCUT2D eigenvalue weighted by molar-refractivity contribution is 0.260. The highest BCUT2D eigenvalue weighted by Gasteiger charge is 2.16. The Morgan fingerprint density at radius 3 is 2.25 bits per heavy atom. The molecule has 0 saturated carbocycles. The summed E-state index contributed by atoms with van der Waals surface area (Å²) in [5.74, 6) is -0.234. The maximum Gasteiger partial charge on any atom is 0.336 e. The first-order chi connectivity index (χ1) is 9.49. The second-order valence-corrected chi connectivity index (χ2v) is 5.08. The van der Waals surface area contributed by atoms with Crippen LogP contribution in [0.5, 0.6) is 5.75 Å². The van der Waals surface area contributed by atoms with Crippen LogP contribution >= 0.6 is 36.0 Å². The number of amides is 2. The van der Waals surface area contributed by atoms with Crippen molar-refractivity contribution in [2.75, 3.05) is 9.62 Å². The fraction of sp³-hybridized carbons (Fsp3) is 0. The molecule has 0 saturated heterocycles. The number of hydrogen-bond donors (Lipinski definition) is 3. The summed E-state index contributed by atoms with van der Waals surface area (Å²) in [7, 11) is 0. The van der Waals surface area contributed by atoms with E-state index in [9.17, 15) is 9.90 Å². The molecule has 0 bridgehead atoms. The van der Waals surface area contributed by atoms with Gasteiger partial charge in [0, 0.05) is 5.69 Å². The first kappa shape index (κ1) is 14.8. The number of nitrogens with zero attached hydrogens (tertiary/aromatic N) is 1. The number of para-hydroxylation sites is 1. The van der Waals surface area contributed by atoms with E-state index >= 15 is 0 Å². The first-order valence-corrected chi connectivity index (χ1v) is 6.67. The Labute approximate surface area is 131 Å². The monoisotopic (exact) mass is 328 g/mol. The van der Waals surface area contributed by atoms with Gasteiger partial charge in [0.15, 0.2) is 5.75 Å². The highest BCUT2D eigenvalue weighted by atomic mass is 35.5. The van der Waals surface area contributed by atoms with Crippen molar-refractivity contribution >= 4 is 53.4 Å². The van der Waals surface area contributed by atoms with Crippen molar-refractivity contribution in [2.24, 2.45) is 0 Å². The van der Waals surface area contributed by atoms with E-state index in [-0.39, 0.29) is 15.8 Å². The van der Waals surface area contributed by atoms with Crippen LogP contribution in [-0.4, -0.2) is 11.1 Å². The molecule has 0 aliphatic carbocycles. The molecule has 7 heteroatoms. The zero-order valence-electron chi connectivity index (χ0n) is 10.0. The number of urea groups is 1. The number of rotatable bonds is 2. The van der Waals surface area contributed by atoms with Gasteiger partial charge in [-0.05, 0) is 24.3 Å². The Morgan fingerprint density at radius 1 is 1.15 bits per heavy atom. The van der Waals surface area contributed by atoms with Crippen molar-refractivity contribution in [1.29, 1.82) is 0 Å². The van der Waals surface area contributed by atoms with Gasteiger partial charge in [-0.2, -0.15) is 0 Å². The van der Waals surface area contributed by atoms with Crippen molar-refractivity contribution < 1.29 is 9.90 Å². The number of thiol groups is 1. The average Bonchev–Trinajstić information content (AvgIpc) is 2.44. The van der Waals surface area contributed by atoms with Crippen molar-refractivity contribution in [2.45, 2.75) is 0 Å². The number of phenolic OH excluding ortho intramolecular Hbond substituents is 1. The second-order valence-electron chi connectivity index (χ2n) is 3.87. The number of anilines is 2. The van der Waals surface area contributed by atoms with Crippen LogP contribution in [-0.2, 0) is 0 Å². The van der Waals surface area contributed by atoms with E-state index in [1.807, 2.05) is 6.07 Å². The molecule has 0 radical (unpaired) electrons. The summed E-state index contributed by atoms with van der Waals surface area (Å²) in [6.45, 7) is 0. The highest BCUT2D eigenvalue weighted by Crippen LogP contribution is 2.36. The van der Waals surface area contributed by atoms with Gasteiger partial charge in [-0.25, -0.2) is 9.10 Å². The third kappa shape index (κ3) is 3.30. The average molecular weight is 329 g/mol. The van der Waals surface area contributed by atoms with E-state index in [4.69, 9.17) is 23.2 Å². The summed E-state index contributed by atoms with van der Waals surface area (Å²) in [6.07, 6.45) is 0. The number of nitrogens with one attached hydrogen (secondary N) is 1. The Kier molecular flexibility index (Phi) is 4.65. The van der Waals surface area contributed by atoms with Crippen molar-refractivity contribution in [3.63, 3.8) is 0 Å². The molecule has 2 N–H and O–H groups in total. The van der Waals surface area contributed by atoms with Gasteiger partial charge in [-0.1, -0.05) is 54.2 Å². The summed E-state index contributed by atoms with van der Waals surface area (Å²) < 4.78 is 1.05. The van der Waals surface area contributed by atoms with Crippen LogP contribution in [0.4, 0.5) is 16.2 Å². The number of carbonyl (C=O) groups excluding carboxylic acids is 1. The smallest absolute Gasteiger partial charge is 0.336 e. The fourth-order valence-electron chi connectivity index (χ4n) is 1.49. The van der Waals surface area contributed by atoms with Crippen LogP contribution in [0.2, 0.25) is 10.0 Å². The standard InChI is InChI=1S/C13H10Cl2N2O2S/c14-10-6-9(7-11(15)12(10)18)17(20)13(19)16-8-4-2-1-3-5-8/h1-7,18,20H,(H,16,19). The van der Waals surface area contributed by atoms with Gasteiger partial charge in [-0.3, -0.25) is 0 Å². The lowest BCUT2D eigenvalue weighted by Crippen LogP contribution is -2.26. The van der Waals surface area contributed by atoms with E-state index in [1.165, 1.54) is 12.1 Å². The Hall–Kier alpha value is -1.56. The number of benzene rings is 2. The molecule has 2 rings (SSSR count). The van der Waals surface area contributed by atoms with Crippen molar-refractivity contribution in [3.05, 3.63) is 52.5 Å². The molecule has 2 amide bonds. The number of phenols is 1. The molecule has 0 aliphatic heterocycles.